The summed E-state index contributed by atoms with van der Waals surface area (Å²) >= 11 is 6.11. The summed E-state index contributed by atoms with van der Waals surface area (Å²) in [7, 11) is 0. The number of hydrogen-bond acceptors (Lipinski definition) is 4. The molecule has 0 aromatic heterocycles. The molecule has 2 aromatic carbocycles. The van der Waals surface area contributed by atoms with Gasteiger partial charge in [0.2, 0.25) is 11.8 Å². The fourth-order valence-corrected chi connectivity index (χ4v) is 5.69. The standard InChI is InChI=1S/C24H22ClN3O4/c1-4-26-20(29)17-18(21(26)30)24(3)22(31)27(16-7-5-6-15(25)12-16)23(32)28(24)19(17)14-10-8-13(2)9-11-14/h5-12,17-19H,4H2,1-3H3/t17?,18?,19?,24-/m1/s1. The van der Waals surface area contributed by atoms with Crippen molar-refractivity contribution in [2.45, 2.75) is 32.4 Å². The number of benzene rings is 2. The molecule has 3 aliphatic rings. The predicted molar refractivity (Wildman–Crippen MR) is 118 cm³/mol. The van der Waals surface area contributed by atoms with E-state index in [4.69, 9.17) is 11.6 Å². The number of hydrogen-bond donors (Lipinski definition) is 0. The van der Waals surface area contributed by atoms with E-state index in [9.17, 15) is 19.2 Å². The highest BCUT2D eigenvalue weighted by Gasteiger charge is 2.75. The van der Waals surface area contributed by atoms with E-state index >= 15 is 0 Å². The quantitative estimate of drug-likeness (QED) is 0.528. The van der Waals surface area contributed by atoms with Crippen LogP contribution in [0, 0.1) is 18.8 Å². The van der Waals surface area contributed by atoms with Gasteiger partial charge in [-0.15, -0.1) is 0 Å². The van der Waals surface area contributed by atoms with Crippen LogP contribution in [0.3, 0.4) is 0 Å². The molecule has 32 heavy (non-hydrogen) atoms. The summed E-state index contributed by atoms with van der Waals surface area (Å²) < 4.78 is 0. The molecule has 3 heterocycles. The fraction of sp³-hybridized carbons (Fsp3) is 0.333. The van der Waals surface area contributed by atoms with E-state index in [1.807, 2.05) is 31.2 Å². The van der Waals surface area contributed by atoms with Crippen LogP contribution >= 0.6 is 11.6 Å². The Balaban J connectivity index is 1.71. The Bertz CT molecular complexity index is 1180. The summed E-state index contributed by atoms with van der Waals surface area (Å²) in [6, 6.07) is 12.7. The molecular formula is C24H22ClN3O4. The number of likely N-dealkylation sites (tertiary alicyclic amines) is 1. The van der Waals surface area contributed by atoms with Crippen molar-refractivity contribution in [1.82, 2.24) is 9.80 Å². The number of carbonyl (C=O) groups excluding carboxylic acids is 4. The maximum atomic E-state index is 13.8. The van der Waals surface area contributed by atoms with Crippen molar-refractivity contribution in [3.05, 3.63) is 64.7 Å². The van der Waals surface area contributed by atoms with Crippen molar-refractivity contribution in [2.75, 3.05) is 11.4 Å². The third kappa shape index (κ3) is 2.48. The smallest absolute Gasteiger partial charge is 0.301 e. The number of rotatable bonds is 3. The van der Waals surface area contributed by atoms with Crippen molar-refractivity contribution >= 4 is 41.0 Å². The molecule has 5 amide bonds. The molecule has 0 bridgehead atoms. The van der Waals surface area contributed by atoms with E-state index in [2.05, 4.69) is 0 Å². The fourth-order valence-electron chi connectivity index (χ4n) is 5.51. The van der Waals surface area contributed by atoms with Crippen LogP contribution in [0.2, 0.25) is 5.02 Å². The molecule has 5 rings (SSSR count). The third-order valence-corrected chi connectivity index (χ3v) is 7.24. The number of imide groups is 2. The molecule has 0 N–H and O–H groups in total. The van der Waals surface area contributed by atoms with Gasteiger partial charge in [0.15, 0.2) is 0 Å². The summed E-state index contributed by atoms with van der Waals surface area (Å²) in [4.78, 5) is 57.9. The monoisotopic (exact) mass is 451 g/mol. The van der Waals surface area contributed by atoms with Crippen LogP contribution in [-0.2, 0) is 14.4 Å². The lowest BCUT2D eigenvalue weighted by Gasteiger charge is -2.32. The number of nitrogens with zero attached hydrogens (tertiary/aromatic N) is 3. The first-order valence-corrected chi connectivity index (χ1v) is 10.9. The topological polar surface area (TPSA) is 78.0 Å². The van der Waals surface area contributed by atoms with Gasteiger partial charge in [-0.05, 0) is 44.5 Å². The zero-order valence-corrected chi connectivity index (χ0v) is 18.7. The number of carbonyl (C=O) groups is 4. The van der Waals surface area contributed by atoms with Gasteiger partial charge in [-0.1, -0.05) is 47.5 Å². The number of urea groups is 1. The molecule has 0 spiro atoms. The van der Waals surface area contributed by atoms with Gasteiger partial charge in [0, 0.05) is 11.6 Å². The van der Waals surface area contributed by atoms with Gasteiger partial charge in [0.25, 0.3) is 5.91 Å². The lowest BCUT2D eigenvalue weighted by atomic mass is 9.79. The Morgan fingerprint density at radius 3 is 2.31 bits per heavy atom. The van der Waals surface area contributed by atoms with Gasteiger partial charge >= 0.3 is 6.03 Å². The lowest BCUT2D eigenvalue weighted by Crippen LogP contribution is -2.51. The van der Waals surface area contributed by atoms with Gasteiger partial charge in [-0.3, -0.25) is 19.3 Å². The third-order valence-electron chi connectivity index (χ3n) is 7.00. The van der Waals surface area contributed by atoms with E-state index < -0.39 is 41.3 Å². The summed E-state index contributed by atoms with van der Waals surface area (Å²) in [6.07, 6.45) is 0. The molecule has 0 aliphatic carbocycles. The number of halogens is 1. The molecule has 7 nitrogen and oxygen atoms in total. The minimum absolute atomic E-state index is 0.224. The number of amides is 5. The highest BCUT2D eigenvalue weighted by Crippen LogP contribution is 2.58. The average Bonchev–Trinajstić information content (AvgIpc) is 3.26. The molecule has 8 heteroatoms. The molecule has 3 fully saturated rings. The zero-order chi connectivity index (χ0) is 22.9. The van der Waals surface area contributed by atoms with Crippen LogP contribution in [0.1, 0.15) is 31.0 Å². The summed E-state index contributed by atoms with van der Waals surface area (Å²) in [5.74, 6) is -3.00. The summed E-state index contributed by atoms with van der Waals surface area (Å²) in [5, 5.41) is 0.387. The molecule has 0 radical (unpaired) electrons. The van der Waals surface area contributed by atoms with Crippen molar-refractivity contribution < 1.29 is 19.2 Å². The minimum atomic E-state index is -1.48. The van der Waals surface area contributed by atoms with Gasteiger partial charge in [-0.2, -0.15) is 0 Å². The van der Waals surface area contributed by atoms with Crippen molar-refractivity contribution in [3.8, 4) is 0 Å². The largest absolute Gasteiger partial charge is 0.332 e. The second-order valence-electron chi connectivity index (χ2n) is 8.70. The molecule has 2 aromatic rings. The van der Waals surface area contributed by atoms with Crippen LogP contribution in [0.4, 0.5) is 10.5 Å². The molecule has 164 valence electrons. The van der Waals surface area contributed by atoms with Crippen LogP contribution in [-0.4, -0.2) is 45.6 Å². The Labute approximate surface area is 190 Å². The molecule has 3 unspecified atom stereocenters. The summed E-state index contributed by atoms with van der Waals surface area (Å²) in [5.41, 5.74) is 0.615. The van der Waals surface area contributed by atoms with Crippen molar-refractivity contribution in [3.63, 3.8) is 0 Å². The molecule has 3 aliphatic heterocycles. The molecule has 4 atom stereocenters. The van der Waals surface area contributed by atoms with E-state index in [-0.39, 0.29) is 12.5 Å². The second kappa shape index (κ2) is 6.90. The predicted octanol–water partition coefficient (Wildman–Crippen LogP) is 3.55. The number of anilines is 1. The maximum Gasteiger partial charge on any atom is 0.332 e. The van der Waals surface area contributed by atoms with E-state index in [1.165, 1.54) is 9.80 Å². The highest BCUT2D eigenvalue weighted by atomic mass is 35.5. The van der Waals surface area contributed by atoms with Crippen LogP contribution in [0.25, 0.3) is 0 Å². The second-order valence-corrected chi connectivity index (χ2v) is 9.14. The van der Waals surface area contributed by atoms with E-state index in [0.717, 1.165) is 16.0 Å². The summed E-state index contributed by atoms with van der Waals surface area (Å²) in [6.45, 7) is 5.51. The van der Waals surface area contributed by atoms with Crippen molar-refractivity contribution in [1.29, 1.82) is 0 Å². The molecular weight excluding hydrogens is 430 g/mol. The zero-order valence-electron chi connectivity index (χ0n) is 17.9. The van der Waals surface area contributed by atoms with Crippen molar-refractivity contribution in [2.24, 2.45) is 11.8 Å². The van der Waals surface area contributed by atoms with E-state index in [0.29, 0.717) is 10.7 Å². The van der Waals surface area contributed by atoms with Gasteiger partial charge in [-0.25, -0.2) is 9.69 Å². The molecule has 0 saturated carbocycles. The Kier molecular flexibility index (Phi) is 4.47. The minimum Gasteiger partial charge on any atom is -0.301 e. The SMILES string of the molecule is CCN1C(=O)C2C(c3ccc(C)cc3)N3C(=O)N(c4cccc(Cl)c4)C(=O)[C@@]3(C)C2C1=O. The lowest BCUT2D eigenvalue weighted by molar-refractivity contribution is -0.143. The normalized spacial score (nSPS) is 29.2. The Hall–Kier alpha value is -3.19. The Morgan fingerprint density at radius 1 is 1.00 bits per heavy atom. The van der Waals surface area contributed by atoms with Gasteiger partial charge in [0.1, 0.15) is 5.54 Å². The van der Waals surface area contributed by atoms with Crippen LogP contribution < -0.4 is 4.90 Å². The van der Waals surface area contributed by atoms with Crippen LogP contribution in [0.5, 0.6) is 0 Å². The first kappa shape index (κ1) is 20.7. The molecule has 3 saturated heterocycles. The number of fused-ring (bicyclic) bond motifs is 3. The van der Waals surface area contributed by atoms with E-state index in [1.54, 1.807) is 38.1 Å². The van der Waals surface area contributed by atoms with Crippen LogP contribution in [0.15, 0.2) is 48.5 Å². The van der Waals surface area contributed by atoms with Gasteiger partial charge in [0.05, 0.1) is 23.6 Å². The highest BCUT2D eigenvalue weighted by molar-refractivity contribution is 6.32. The first-order valence-electron chi connectivity index (χ1n) is 10.6. The first-order chi connectivity index (χ1) is 15.2. The Morgan fingerprint density at radius 2 is 1.69 bits per heavy atom. The maximum absolute atomic E-state index is 13.8. The average molecular weight is 452 g/mol. The number of aryl methyl sites for hydroxylation is 1. The van der Waals surface area contributed by atoms with Gasteiger partial charge < -0.3 is 4.90 Å².